The molecule has 0 aliphatic rings. The molecule has 0 N–H and O–H groups in total. The number of benzene rings is 11. The molecule has 2 heteroatoms. The van der Waals surface area contributed by atoms with Gasteiger partial charge in [0.2, 0.25) is 0 Å². The Balaban J connectivity index is 1.55. The van der Waals surface area contributed by atoms with Gasteiger partial charge in [0.05, 0.1) is 0 Å². The Bertz CT molecular complexity index is 3010. The molecule has 0 saturated heterocycles. The average Bonchev–Trinajstić information content (AvgIpc) is 3.12. The zero-order valence-corrected chi connectivity index (χ0v) is 28.8. The Hall–Kier alpha value is -4.26. The lowest BCUT2D eigenvalue weighted by atomic mass is 9.78. The van der Waals surface area contributed by atoms with E-state index in [1.807, 2.05) is 0 Å². The van der Waals surface area contributed by atoms with Gasteiger partial charge in [-0.15, -0.1) is 0 Å². The highest BCUT2D eigenvalue weighted by molar-refractivity contribution is 14.1. The number of fused-ring (bicyclic) bond motifs is 6. The highest BCUT2D eigenvalue weighted by atomic mass is 127. The van der Waals surface area contributed by atoms with Crippen molar-refractivity contribution < 1.29 is 0 Å². The molecule has 11 aromatic rings. The van der Waals surface area contributed by atoms with Crippen LogP contribution in [0, 0.1) is 7.14 Å². The molecule has 0 saturated carbocycles. The van der Waals surface area contributed by atoms with E-state index in [0.717, 1.165) is 0 Å². The Labute approximate surface area is 291 Å². The molecule has 11 aromatic carbocycles. The van der Waals surface area contributed by atoms with Crippen molar-refractivity contribution in [3.05, 3.63) is 141 Å². The molecule has 0 unspecified atom stereocenters. The smallest absolute Gasteiger partial charge is 0.0355 e. The standard InChI is InChI=1S/C44H22I2/c45-43-33-22-21-31-29-14-8-7-13-28(29)30-17-15-25-16-18-32-35-26(23-9-3-1-4-10-23)19-20-27(24-11-5-2-6-12-24)36(35)42(44(43)46)41-39(32)34(25)37(30)38(31)40(33)41/h1-22H. The lowest BCUT2D eigenvalue weighted by molar-refractivity contribution is 1.64. The first-order valence-corrected chi connectivity index (χ1v) is 17.8. The van der Waals surface area contributed by atoms with Crippen LogP contribution in [0.2, 0.25) is 0 Å². The monoisotopic (exact) mass is 804 g/mol. The van der Waals surface area contributed by atoms with Gasteiger partial charge in [-0.1, -0.05) is 133 Å². The molecule has 0 heterocycles. The van der Waals surface area contributed by atoms with Crippen molar-refractivity contribution in [2.24, 2.45) is 0 Å². The van der Waals surface area contributed by atoms with Crippen molar-refractivity contribution in [3.8, 4) is 22.3 Å². The zero-order valence-electron chi connectivity index (χ0n) is 24.5. The van der Waals surface area contributed by atoms with E-state index in [1.165, 1.54) is 116 Å². The van der Waals surface area contributed by atoms with E-state index < -0.39 is 0 Å². The molecule has 0 aliphatic heterocycles. The van der Waals surface area contributed by atoms with Gasteiger partial charge in [-0.2, -0.15) is 0 Å². The highest BCUT2D eigenvalue weighted by Crippen LogP contribution is 2.56. The third-order valence-corrected chi connectivity index (χ3v) is 13.7. The molecule has 0 nitrogen and oxygen atoms in total. The van der Waals surface area contributed by atoms with E-state index >= 15 is 0 Å². The molecule has 0 atom stereocenters. The second-order valence-corrected chi connectivity index (χ2v) is 14.7. The quantitative estimate of drug-likeness (QED) is 0.0928. The number of hydrogen-bond acceptors (Lipinski definition) is 0. The van der Waals surface area contributed by atoms with Crippen LogP contribution in [0.5, 0.6) is 0 Å². The van der Waals surface area contributed by atoms with Crippen molar-refractivity contribution in [1.29, 1.82) is 0 Å². The fourth-order valence-electron chi connectivity index (χ4n) is 8.66. The molecule has 0 amide bonds. The van der Waals surface area contributed by atoms with Crippen LogP contribution in [-0.4, -0.2) is 0 Å². The summed E-state index contributed by atoms with van der Waals surface area (Å²) < 4.78 is 2.67. The maximum absolute atomic E-state index is 2.66. The van der Waals surface area contributed by atoms with Gasteiger partial charge in [0.25, 0.3) is 0 Å². The van der Waals surface area contributed by atoms with Crippen LogP contribution in [0.3, 0.4) is 0 Å². The summed E-state index contributed by atoms with van der Waals surface area (Å²) >= 11 is 5.28. The molecule has 0 aliphatic carbocycles. The predicted octanol–water partition coefficient (Wildman–Crippen LogP) is 13.8. The van der Waals surface area contributed by atoms with Gasteiger partial charge in [-0.3, -0.25) is 0 Å². The van der Waals surface area contributed by atoms with E-state index in [0.29, 0.717) is 0 Å². The fourth-order valence-corrected chi connectivity index (χ4v) is 10.2. The highest BCUT2D eigenvalue weighted by Gasteiger charge is 2.28. The van der Waals surface area contributed by atoms with Crippen LogP contribution in [0.15, 0.2) is 133 Å². The zero-order chi connectivity index (χ0) is 30.3. The van der Waals surface area contributed by atoms with Gasteiger partial charge in [0.15, 0.2) is 0 Å². The molecule has 0 aromatic heterocycles. The fraction of sp³-hybridized carbons (Fsp3) is 0. The first kappa shape index (κ1) is 25.9. The maximum Gasteiger partial charge on any atom is 0.0355 e. The van der Waals surface area contributed by atoms with Gasteiger partial charge >= 0.3 is 0 Å². The molecular formula is C44H22I2. The molecule has 0 spiro atoms. The van der Waals surface area contributed by atoms with Crippen LogP contribution in [0.25, 0.3) is 108 Å². The average molecular weight is 804 g/mol. The Morgan fingerprint density at radius 3 is 1.39 bits per heavy atom. The molecular weight excluding hydrogens is 782 g/mol. The molecule has 0 bridgehead atoms. The van der Waals surface area contributed by atoms with Crippen LogP contribution in [0.1, 0.15) is 0 Å². The Morgan fingerprint density at radius 2 is 0.739 bits per heavy atom. The van der Waals surface area contributed by atoms with E-state index in [9.17, 15) is 0 Å². The second-order valence-electron chi connectivity index (χ2n) is 12.6. The summed E-state index contributed by atoms with van der Waals surface area (Å²) in [6.45, 7) is 0. The number of hydrogen-bond donors (Lipinski definition) is 0. The van der Waals surface area contributed by atoms with Crippen molar-refractivity contribution in [2.75, 3.05) is 0 Å². The van der Waals surface area contributed by atoms with Crippen LogP contribution < -0.4 is 0 Å². The first-order valence-electron chi connectivity index (χ1n) is 15.7. The van der Waals surface area contributed by atoms with Crippen molar-refractivity contribution in [2.45, 2.75) is 0 Å². The van der Waals surface area contributed by atoms with Gasteiger partial charge in [-0.25, -0.2) is 0 Å². The van der Waals surface area contributed by atoms with Crippen LogP contribution in [0.4, 0.5) is 0 Å². The SMILES string of the molecule is Ic1c(I)c2c3c(-c4ccccc4)ccc(-c4ccccc4)c3c3ccc4ccc5c6ccccc6c6ccc1c1c6c5c4c3c21. The third-order valence-electron chi connectivity index (χ3n) is 10.4. The normalized spacial score (nSPS) is 12.6. The summed E-state index contributed by atoms with van der Waals surface area (Å²) in [6, 6.07) is 49.9. The minimum absolute atomic E-state index is 1.25. The van der Waals surface area contributed by atoms with Gasteiger partial charge in [0.1, 0.15) is 0 Å². The minimum atomic E-state index is 1.25. The van der Waals surface area contributed by atoms with Gasteiger partial charge in [0, 0.05) is 17.9 Å². The van der Waals surface area contributed by atoms with E-state index in [4.69, 9.17) is 0 Å². The van der Waals surface area contributed by atoms with E-state index in [-0.39, 0.29) is 0 Å². The Kier molecular flexibility index (Phi) is 5.16. The summed E-state index contributed by atoms with van der Waals surface area (Å²) in [4.78, 5) is 0. The molecule has 11 rings (SSSR count). The largest absolute Gasteiger partial charge is 0.0622 e. The first-order chi connectivity index (χ1) is 22.7. The molecule has 0 radical (unpaired) electrons. The summed E-state index contributed by atoms with van der Waals surface area (Å²) in [5.41, 5.74) is 5.09. The lowest BCUT2D eigenvalue weighted by Crippen LogP contribution is -1.99. The van der Waals surface area contributed by atoms with E-state index in [1.54, 1.807) is 0 Å². The van der Waals surface area contributed by atoms with Crippen molar-refractivity contribution >= 4 is 131 Å². The van der Waals surface area contributed by atoms with E-state index in [2.05, 4.69) is 179 Å². The summed E-state index contributed by atoms with van der Waals surface area (Å²) in [7, 11) is 0. The topological polar surface area (TPSA) is 0 Å². The lowest BCUT2D eigenvalue weighted by Gasteiger charge is -2.26. The molecule has 0 fully saturated rings. The number of halogens is 2. The minimum Gasteiger partial charge on any atom is -0.0622 e. The van der Waals surface area contributed by atoms with Crippen molar-refractivity contribution in [1.82, 2.24) is 0 Å². The molecule has 46 heavy (non-hydrogen) atoms. The van der Waals surface area contributed by atoms with Crippen molar-refractivity contribution in [3.63, 3.8) is 0 Å². The summed E-state index contributed by atoms with van der Waals surface area (Å²) in [6.07, 6.45) is 0. The van der Waals surface area contributed by atoms with Crippen LogP contribution in [-0.2, 0) is 0 Å². The Morgan fingerprint density at radius 1 is 0.261 bits per heavy atom. The van der Waals surface area contributed by atoms with Gasteiger partial charge in [-0.05, 0) is 143 Å². The third kappa shape index (κ3) is 3.10. The van der Waals surface area contributed by atoms with Gasteiger partial charge < -0.3 is 0 Å². The molecule has 212 valence electrons. The summed E-state index contributed by atoms with van der Waals surface area (Å²) in [5.74, 6) is 0. The second kappa shape index (κ2) is 9.18. The number of rotatable bonds is 2. The maximum atomic E-state index is 2.66. The summed E-state index contributed by atoms with van der Waals surface area (Å²) in [5, 5.41) is 21.9. The van der Waals surface area contributed by atoms with Crippen LogP contribution >= 0.6 is 45.2 Å². The predicted molar refractivity (Wildman–Crippen MR) is 216 cm³/mol.